The SMILES string of the molecule is O=C(O)Cc1cn(C(=O)C2CCC2)c2cc(Cl)ccc12. The first kappa shape index (κ1) is 13.2. The van der Waals surface area contributed by atoms with E-state index in [1.807, 2.05) is 0 Å². The highest BCUT2D eigenvalue weighted by atomic mass is 35.5. The van der Waals surface area contributed by atoms with Crippen molar-refractivity contribution in [3.63, 3.8) is 0 Å². The Balaban J connectivity index is 2.12. The molecule has 1 N–H and O–H groups in total. The van der Waals surface area contributed by atoms with Crippen LogP contribution in [0.25, 0.3) is 10.9 Å². The molecule has 104 valence electrons. The lowest BCUT2D eigenvalue weighted by atomic mass is 9.85. The third-order valence-electron chi connectivity index (χ3n) is 3.88. The minimum absolute atomic E-state index is 0.0418. The van der Waals surface area contributed by atoms with Crippen molar-refractivity contribution < 1.29 is 14.7 Å². The molecule has 1 aromatic carbocycles. The Morgan fingerprint density at radius 3 is 2.70 bits per heavy atom. The summed E-state index contributed by atoms with van der Waals surface area (Å²) in [5.41, 5.74) is 1.35. The van der Waals surface area contributed by atoms with Gasteiger partial charge in [0.25, 0.3) is 0 Å². The Labute approximate surface area is 121 Å². The fourth-order valence-electron chi connectivity index (χ4n) is 2.61. The third-order valence-corrected chi connectivity index (χ3v) is 4.12. The lowest BCUT2D eigenvalue weighted by molar-refractivity contribution is -0.136. The summed E-state index contributed by atoms with van der Waals surface area (Å²) in [5.74, 6) is -0.808. The molecule has 0 radical (unpaired) electrons. The molecule has 1 aliphatic rings. The molecule has 20 heavy (non-hydrogen) atoms. The van der Waals surface area contributed by atoms with Crippen molar-refractivity contribution >= 4 is 34.4 Å². The van der Waals surface area contributed by atoms with Crippen molar-refractivity contribution in [3.8, 4) is 0 Å². The number of benzene rings is 1. The second-order valence-electron chi connectivity index (χ2n) is 5.22. The monoisotopic (exact) mass is 291 g/mol. The van der Waals surface area contributed by atoms with Crippen molar-refractivity contribution in [1.82, 2.24) is 4.57 Å². The van der Waals surface area contributed by atoms with Gasteiger partial charge in [-0.25, -0.2) is 0 Å². The van der Waals surface area contributed by atoms with Gasteiger partial charge in [0.1, 0.15) is 0 Å². The van der Waals surface area contributed by atoms with Gasteiger partial charge in [-0.2, -0.15) is 0 Å². The van der Waals surface area contributed by atoms with E-state index >= 15 is 0 Å². The van der Waals surface area contributed by atoms with E-state index in [4.69, 9.17) is 16.7 Å². The number of carboxylic acids is 1. The number of hydrogen-bond acceptors (Lipinski definition) is 2. The maximum atomic E-state index is 12.4. The first-order valence-electron chi connectivity index (χ1n) is 6.62. The number of rotatable bonds is 3. The predicted octanol–water partition coefficient (Wildman–Crippen LogP) is 3.36. The summed E-state index contributed by atoms with van der Waals surface area (Å²) in [6.07, 6.45) is 4.46. The number of nitrogens with zero attached hydrogens (tertiary/aromatic N) is 1. The van der Waals surface area contributed by atoms with E-state index < -0.39 is 5.97 Å². The van der Waals surface area contributed by atoms with E-state index in [1.165, 1.54) is 0 Å². The molecule has 0 atom stereocenters. The van der Waals surface area contributed by atoms with Crippen molar-refractivity contribution in [2.24, 2.45) is 5.92 Å². The molecule has 0 saturated heterocycles. The Morgan fingerprint density at radius 1 is 1.35 bits per heavy atom. The highest BCUT2D eigenvalue weighted by Crippen LogP contribution is 2.31. The van der Waals surface area contributed by atoms with Crippen LogP contribution in [0.5, 0.6) is 0 Å². The first-order chi connectivity index (χ1) is 9.56. The van der Waals surface area contributed by atoms with Gasteiger partial charge in [0.2, 0.25) is 5.91 Å². The molecule has 1 aromatic heterocycles. The highest BCUT2D eigenvalue weighted by molar-refractivity contribution is 6.31. The summed E-state index contributed by atoms with van der Waals surface area (Å²) in [5, 5.41) is 10.3. The molecule has 1 heterocycles. The van der Waals surface area contributed by atoms with E-state index in [0.29, 0.717) is 16.1 Å². The quantitative estimate of drug-likeness (QED) is 0.943. The molecule has 5 heteroatoms. The minimum atomic E-state index is -0.907. The van der Waals surface area contributed by atoms with Crippen LogP contribution in [0.1, 0.15) is 29.6 Å². The van der Waals surface area contributed by atoms with Crippen molar-refractivity contribution in [1.29, 1.82) is 0 Å². The molecule has 0 spiro atoms. The molecule has 4 nitrogen and oxygen atoms in total. The minimum Gasteiger partial charge on any atom is -0.481 e. The highest BCUT2D eigenvalue weighted by Gasteiger charge is 2.28. The van der Waals surface area contributed by atoms with E-state index in [2.05, 4.69) is 0 Å². The third kappa shape index (κ3) is 2.20. The topological polar surface area (TPSA) is 59.3 Å². The van der Waals surface area contributed by atoms with Crippen LogP contribution in [0.15, 0.2) is 24.4 Å². The van der Waals surface area contributed by atoms with Gasteiger partial charge in [-0.1, -0.05) is 24.1 Å². The van der Waals surface area contributed by atoms with Crippen LogP contribution in [0.2, 0.25) is 5.02 Å². The molecule has 1 saturated carbocycles. The maximum absolute atomic E-state index is 12.4. The smallest absolute Gasteiger partial charge is 0.307 e. The average Bonchev–Trinajstić information content (AvgIpc) is 2.64. The van der Waals surface area contributed by atoms with Crippen LogP contribution in [0.3, 0.4) is 0 Å². The molecule has 0 amide bonds. The van der Waals surface area contributed by atoms with Gasteiger partial charge < -0.3 is 5.11 Å². The van der Waals surface area contributed by atoms with Gasteiger partial charge in [-0.3, -0.25) is 14.2 Å². The van der Waals surface area contributed by atoms with Gasteiger partial charge in [-0.15, -0.1) is 0 Å². The number of aromatic nitrogens is 1. The summed E-state index contributed by atoms with van der Waals surface area (Å²) in [6, 6.07) is 5.21. The number of hydrogen-bond donors (Lipinski definition) is 1. The zero-order valence-electron chi connectivity index (χ0n) is 10.8. The van der Waals surface area contributed by atoms with Crippen LogP contribution >= 0.6 is 11.6 Å². The van der Waals surface area contributed by atoms with Crippen molar-refractivity contribution in [2.75, 3.05) is 0 Å². The Kier molecular flexibility index (Phi) is 3.26. The van der Waals surface area contributed by atoms with E-state index in [1.54, 1.807) is 29.0 Å². The summed E-state index contributed by atoms with van der Waals surface area (Å²) in [7, 11) is 0. The fraction of sp³-hybridized carbons (Fsp3) is 0.333. The number of fused-ring (bicyclic) bond motifs is 1. The van der Waals surface area contributed by atoms with Gasteiger partial charge in [0.05, 0.1) is 11.9 Å². The Morgan fingerprint density at radius 2 is 2.10 bits per heavy atom. The molecule has 1 aliphatic carbocycles. The van der Waals surface area contributed by atoms with E-state index in [-0.39, 0.29) is 18.2 Å². The predicted molar refractivity (Wildman–Crippen MR) is 76.3 cm³/mol. The second-order valence-corrected chi connectivity index (χ2v) is 5.66. The number of carbonyl (C=O) groups excluding carboxylic acids is 1. The van der Waals surface area contributed by atoms with Crippen molar-refractivity contribution in [3.05, 3.63) is 35.0 Å². The van der Waals surface area contributed by atoms with Gasteiger partial charge in [0, 0.05) is 22.5 Å². The largest absolute Gasteiger partial charge is 0.481 e. The molecule has 1 fully saturated rings. The molecule has 0 unspecified atom stereocenters. The zero-order valence-corrected chi connectivity index (χ0v) is 11.6. The van der Waals surface area contributed by atoms with E-state index in [0.717, 1.165) is 24.6 Å². The van der Waals surface area contributed by atoms with Crippen LogP contribution in [-0.4, -0.2) is 21.6 Å². The number of halogens is 1. The van der Waals surface area contributed by atoms with Crippen LogP contribution in [0.4, 0.5) is 0 Å². The van der Waals surface area contributed by atoms with Crippen LogP contribution < -0.4 is 0 Å². The molecule has 3 rings (SSSR count). The summed E-state index contributed by atoms with van der Waals surface area (Å²) >= 11 is 6.00. The normalized spacial score (nSPS) is 15.2. The number of aliphatic carboxylic acids is 1. The molecule has 0 bridgehead atoms. The zero-order chi connectivity index (χ0) is 14.3. The number of carbonyl (C=O) groups is 2. The number of carboxylic acid groups (broad SMARTS) is 1. The van der Waals surface area contributed by atoms with Crippen LogP contribution in [0, 0.1) is 5.92 Å². The summed E-state index contributed by atoms with van der Waals surface area (Å²) in [4.78, 5) is 23.4. The first-order valence-corrected chi connectivity index (χ1v) is 6.99. The van der Waals surface area contributed by atoms with Gasteiger partial charge in [-0.05, 0) is 30.5 Å². The maximum Gasteiger partial charge on any atom is 0.307 e. The standard InChI is InChI=1S/C15H14ClNO3/c16-11-4-5-12-10(6-14(18)19)8-17(13(12)7-11)15(20)9-2-1-3-9/h4-5,7-9H,1-3,6H2,(H,18,19). The Hall–Kier alpha value is -1.81. The lowest BCUT2D eigenvalue weighted by Gasteiger charge is -2.24. The van der Waals surface area contributed by atoms with Crippen molar-refractivity contribution in [2.45, 2.75) is 25.7 Å². The summed E-state index contributed by atoms with van der Waals surface area (Å²) < 4.78 is 1.57. The Bertz CT molecular complexity index is 700. The molecule has 2 aromatic rings. The lowest BCUT2D eigenvalue weighted by Crippen LogP contribution is -2.26. The van der Waals surface area contributed by atoms with Crippen LogP contribution in [-0.2, 0) is 11.2 Å². The van der Waals surface area contributed by atoms with E-state index in [9.17, 15) is 9.59 Å². The molecular weight excluding hydrogens is 278 g/mol. The average molecular weight is 292 g/mol. The second kappa shape index (κ2) is 4.94. The fourth-order valence-corrected chi connectivity index (χ4v) is 2.77. The van der Waals surface area contributed by atoms with Gasteiger partial charge in [0.15, 0.2) is 0 Å². The van der Waals surface area contributed by atoms with Gasteiger partial charge >= 0.3 is 5.97 Å². The molecule has 0 aliphatic heterocycles. The molecular formula is C15H14ClNO3. The summed E-state index contributed by atoms with van der Waals surface area (Å²) in [6.45, 7) is 0.